The molecule has 0 saturated carbocycles. The Labute approximate surface area is 83.0 Å². The van der Waals surface area contributed by atoms with Crippen molar-refractivity contribution in [2.75, 3.05) is 0 Å². The highest BCUT2D eigenvalue weighted by molar-refractivity contribution is 6.30. The van der Waals surface area contributed by atoms with Gasteiger partial charge in [0.15, 0.2) is 5.78 Å². The van der Waals surface area contributed by atoms with Gasteiger partial charge in [0.1, 0.15) is 0 Å². The Morgan fingerprint density at radius 3 is 2.46 bits per heavy atom. The first-order chi connectivity index (χ1) is 6.15. The highest BCUT2D eigenvalue weighted by Crippen LogP contribution is 2.13. The second-order valence-electron chi connectivity index (χ2n) is 2.90. The number of halogens is 1. The molecule has 0 spiro atoms. The fourth-order valence-corrected chi connectivity index (χ4v) is 1.11. The molecule has 0 heterocycles. The Kier molecular flexibility index (Phi) is 3.26. The molecule has 0 unspecified atom stereocenters. The molecule has 0 radical (unpaired) electrons. The van der Waals surface area contributed by atoms with Gasteiger partial charge in [0.05, 0.1) is 0 Å². The van der Waals surface area contributed by atoms with E-state index in [1.54, 1.807) is 30.3 Å². The van der Waals surface area contributed by atoms with Crippen molar-refractivity contribution in [2.24, 2.45) is 5.92 Å². The molecule has 1 nitrogen and oxygen atoms in total. The van der Waals surface area contributed by atoms with E-state index >= 15 is 0 Å². The van der Waals surface area contributed by atoms with Crippen LogP contribution in [0, 0.1) is 5.92 Å². The predicted molar refractivity (Wildman–Crippen MR) is 55.1 cm³/mol. The zero-order valence-corrected chi connectivity index (χ0v) is 8.21. The van der Waals surface area contributed by atoms with Gasteiger partial charge in [-0.2, -0.15) is 0 Å². The summed E-state index contributed by atoms with van der Waals surface area (Å²) in [6, 6.07) is 6.88. The minimum absolute atomic E-state index is 0.0756. The lowest BCUT2D eigenvalue weighted by molar-refractivity contribution is 0.0953. The third-order valence-electron chi connectivity index (χ3n) is 1.90. The number of carbonyl (C=O) groups excluding carboxylic acids is 1. The number of hydrogen-bond donors (Lipinski definition) is 0. The number of rotatable bonds is 3. The Morgan fingerprint density at radius 2 is 2.00 bits per heavy atom. The summed E-state index contributed by atoms with van der Waals surface area (Å²) in [5, 5.41) is 0.641. The Morgan fingerprint density at radius 1 is 1.46 bits per heavy atom. The average Bonchev–Trinajstić information content (AvgIpc) is 2.17. The van der Waals surface area contributed by atoms with Crippen molar-refractivity contribution in [1.82, 2.24) is 0 Å². The van der Waals surface area contributed by atoms with Gasteiger partial charge in [-0.3, -0.25) is 4.79 Å². The van der Waals surface area contributed by atoms with Crippen LogP contribution in [0.15, 0.2) is 36.9 Å². The summed E-state index contributed by atoms with van der Waals surface area (Å²) in [4.78, 5) is 11.6. The third-order valence-corrected chi connectivity index (χ3v) is 2.15. The van der Waals surface area contributed by atoms with E-state index in [0.717, 1.165) is 0 Å². The van der Waals surface area contributed by atoms with Gasteiger partial charge in [0.2, 0.25) is 0 Å². The second-order valence-corrected chi connectivity index (χ2v) is 3.33. The summed E-state index contributed by atoms with van der Waals surface area (Å²) in [6.07, 6.45) is 1.64. The van der Waals surface area contributed by atoms with Crippen LogP contribution in [-0.4, -0.2) is 5.78 Å². The first-order valence-electron chi connectivity index (χ1n) is 4.07. The molecule has 1 atom stereocenters. The number of Topliss-reactive ketones (excluding diaryl/α,β-unsaturated/α-hetero) is 1. The topological polar surface area (TPSA) is 17.1 Å². The van der Waals surface area contributed by atoms with Crippen molar-refractivity contribution < 1.29 is 4.79 Å². The van der Waals surface area contributed by atoms with Crippen molar-refractivity contribution in [3.05, 3.63) is 47.5 Å². The van der Waals surface area contributed by atoms with Crippen LogP contribution in [-0.2, 0) is 0 Å². The van der Waals surface area contributed by atoms with E-state index in [1.807, 2.05) is 6.92 Å². The van der Waals surface area contributed by atoms with E-state index in [2.05, 4.69) is 6.58 Å². The molecule has 1 rings (SSSR count). The number of benzene rings is 1. The van der Waals surface area contributed by atoms with Gasteiger partial charge in [-0.05, 0) is 24.3 Å². The maximum atomic E-state index is 11.6. The maximum Gasteiger partial charge on any atom is 0.169 e. The molecule has 2 heteroatoms. The first kappa shape index (κ1) is 10.0. The van der Waals surface area contributed by atoms with Gasteiger partial charge in [-0.25, -0.2) is 0 Å². The minimum atomic E-state index is -0.138. The van der Waals surface area contributed by atoms with E-state index in [1.165, 1.54) is 0 Å². The SMILES string of the molecule is C=C[C@H](C)C(=O)c1ccc(Cl)cc1. The maximum absolute atomic E-state index is 11.6. The summed E-state index contributed by atoms with van der Waals surface area (Å²) in [6.45, 7) is 5.40. The molecule has 1 aromatic carbocycles. The molecule has 0 N–H and O–H groups in total. The van der Waals surface area contributed by atoms with Gasteiger partial charge in [-0.1, -0.05) is 24.6 Å². The van der Waals surface area contributed by atoms with Crippen molar-refractivity contribution in [2.45, 2.75) is 6.92 Å². The first-order valence-corrected chi connectivity index (χ1v) is 4.45. The molecule has 1 aromatic rings. The van der Waals surface area contributed by atoms with E-state index in [0.29, 0.717) is 10.6 Å². The van der Waals surface area contributed by atoms with Gasteiger partial charge in [-0.15, -0.1) is 6.58 Å². The van der Waals surface area contributed by atoms with Crippen LogP contribution in [0.25, 0.3) is 0 Å². The summed E-state index contributed by atoms with van der Waals surface area (Å²) in [5.74, 6) is -0.0622. The van der Waals surface area contributed by atoms with Crippen LogP contribution < -0.4 is 0 Å². The zero-order chi connectivity index (χ0) is 9.84. The number of allylic oxidation sites excluding steroid dienone is 1. The monoisotopic (exact) mass is 194 g/mol. The van der Waals surface area contributed by atoms with Crippen LogP contribution >= 0.6 is 11.6 Å². The van der Waals surface area contributed by atoms with Crippen LogP contribution in [0.2, 0.25) is 5.02 Å². The number of carbonyl (C=O) groups is 1. The summed E-state index contributed by atoms with van der Waals surface area (Å²) >= 11 is 5.70. The standard InChI is InChI=1S/C11H11ClO/c1-3-8(2)11(13)9-4-6-10(12)7-5-9/h3-8H,1H2,2H3/t8-/m0/s1. The second kappa shape index (κ2) is 4.24. The fraction of sp³-hybridized carbons (Fsp3) is 0.182. The van der Waals surface area contributed by atoms with Crippen LogP contribution in [0.4, 0.5) is 0 Å². The molecule has 0 amide bonds. The molecule has 68 valence electrons. The van der Waals surface area contributed by atoms with E-state index in [-0.39, 0.29) is 11.7 Å². The highest BCUT2D eigenvalue weighted by Gasteiger charge is 2.10. The molecule has 0 saturated heterocycles. The van der Waals surface area contributed by atoms with Crippen LogP contribution in [0.1, 0.15) is 17.3 Å². The quantitative estimate of drug-likeness (QED) is 0.533. The average molecular weight is 195 g/mol. The van der Waals surface area contributed by atoms with Crippen molar-refractivity contribution in [1.29, 1.82) is 0 Å². The van der Waals surface area contributed by atoms with Crippen molar-refractivity contribution in [3.8, 4) is 0 Å². The van der Waals surface area contributed by atoms with Gasteiger partial charge in [0.25, 0.3) is 0 Å². The molecule has 13 heavy (non-hydrogen) atoms. The van der Waals surface area contributed by atoms with Gasteiger partial charge in [0, 0.05) is 16.5 Å². The van der Waals surface area contributed by atoms with E-state index in [4.69, 9.17) is 11.6 Å². The molecule has 0 aliphatic heterocycles. The van der Waals surface area contributed by atoms with Crippen LogP contribution in [0.3, 0.4) is 0 Å². The smallest absolute Gasteiger partial charge is 0.169 e. The van der Waals surface area contributed by atoms with E-state index < -0.39 is 0 Å². The highest BCUT2D eigenvalue weighted by atomic mass is 35.5. The third kappa shape index (κ3) is 2.43. The molecule has 0 aromatic heterocycles. The normalized spacial score (nSPS) is 12.2. The summed E-state index contributed by atoms with van der Waals surface area (Å²) in [7, 11) is 0. The lowest BCUT2D eigenvalue weighted by atomic mass is 10.00. The van der Waals surface area contributed by atoms with E-state index in [9.17, 15) is 4.79 Å². The molecule has 0 aliphatic carbocycles. The van der Waals surface area contributed by atoms with Gasteiger partial charge < -0.3 is 0 Å². The zero-order valence-electron chi connectivity index (χ0n) is 7.46. The lowest BCUT2D eigenvalue weighted by Gasteiger charge is -2.04. The predicted octanol–water partition coefficient (Wildman–Crippen LogP) is 3.34. The van der Waals surface area contributed by atoms with Crippen molar-refractivity contribution in [3.63, 3.8) is 0 Å². The lowest BCUT2D eigenvalue weighted by Crippen LogP contribution is -2.07. The Balaban J connectivity index is 2.89. The molecule has 0 aliphatic rings. The number of hydrogen-bond acceptors (Lipinski definition) is 1. The van der Waals surface area contributed by atoms with Crippen molar-refractivity contribution >= 4 is 17.4 Å². The Hall–Kier alpha value is -1.08. The molecule has 0 fully saturated rings. The molecular formula is C11H11ClO. The Bertz CT molecular complexity index is 313. The summed E-state index contributed by atoms with van der Waals surface area (Å²) in [5.41, 5.74) is 0.678. The minimum Gasteiger partial charge on any atom is -0.294 e. The van der Waals surface area contributed by atoms with Crippen LogP contribution in [0.5, 0.6) is 0 Å². The summed E-state index contributed by atoms with van der Waals surface area (Å²) < 4.78 is 0. The largest absolute Gasteiger partial charge is 0.294 e. The fourth-order valence-electron chi connectivity index (χ4n) is 0.984. The molecule has 0 bridgehead atoms. The molecular weight excluding hydrogens is 184 g/mol. The van der Waals surface area contributed by atoms with Gasteiger partial charge >= 0.3 is 0 Å². The number of ketones is 1.